The Bertz CT molecular complexity index is 440. The van der Waals surface area contributed by atoms with Gasteiger partial charge in [-0.2, -0.15) is 5.10 Å². The second kappa shape index (κ2) is 4.43. The largest absolute Gasteiger partial charge is 0.487 e. The van der Waals surface area contributed by atoms with E-state index in [0.29, 0.717) is 19.0 Å². The first-order valence-corrected chi connectivity index (χ1v) is 5.49. The van der Waals surface area contributed by atoms with Crippen molar-refractivity contribution in [1.82, 2.24) is 9.78 Å². The Morgan fingerprint density at radius 1 is 1.75 bits per heavy atom. The molecule has 1 aromatic heterocycles. The van der Waals surface area contributed by atoms with Gasteiger partial charge in [-0.15, -0.1) is 0 Å². The van der Waals surface area contributed by atoms with Gasteiger partial charge in [0.25, 0.3) is 5.56 Å². The van der Waals surface area contributed by atoms with E-state index < -0.39 is 0 Å². The molecule has 1 unspecified atom stereocenters. The molecule has 1 aliphatic heterocycles. The first-order valence-electron chi connectivity index (χ1n) is 5.11. The van der Waals surface area contributed by atoms with Crippen molar-refractivity contribution in [2.24, 2.45) is 0 Å². The molecule has 0 N–H and O–H groups in total. The molecule has 0 aromatic carbocycles. The van der Waals surface area contributed by atoms with Crippen LogP contribution >= 0.6 is 11.6 Å². The minimum Gasteiger partial charge on any atom is -0.487 e. The highest BCUT2D eigenvalue weighted by Crippen LogP contribution is 2.20. The molecule has 1 saturated heterocycles. The van der Waals surface area contributed by atoms with Crippen molar-refractivity contribution in [2.75, 3.05) is 13.2 Å². The van der Waals surface area contributed by atoms with Crippen LogP contribution in [0.4, 0.5) is 0 Å². The second-order valence-electron chi connectivity index (χ2n) is 3.93. The molecule has 0 radical (unpaired) electrons. The number of rotatable bonds is 4. The minimum absolute atomic E-state index is 0.0224. The number of hydrogen-bond donors (Lipinski definition) is 0. The average molecular weight is 245 g/mol. The molecule has 0 saturated carbocycles. The maximum atomic E-state index is 11.7. The van der Waals surface area contributed by atoms with Gasteiger partial charge in [-0.25, -0.2) is 4.68 Å². The van der Waals surface area contributed by atoms with E-state index >= 15 is 0 Å². The van der Waals surface area contributed by atoms with Crippen LogP contribution in [-0.2, 0) is 4.74 Å². The number of aromatic nitrogens is 2. The van der Waals surface area contributed by atoms with Crippen molar-refractivity contribution in [2.45, 2.75) is 26.0 Å². The molecule has 2 rings (SSSR count). The fraction of sp³-hybridized carbons (Fsp3) is 0.600. The SMILES string of the molecule is CC(C)n1ncc(OCC2CO2)c(Cl)c1=O. The van der Waals surface area contributed by atoms with Gasteiger partial charge < -0.3 is 9.47 Å². The van der Waals surface area contributed by atoms with Gasteiger partial charge in [-0.05, 0) is 13.8 Å². The Balaban J connectivity index is 2.19. The van der Waals surface area contributed by atoms with Crippen LogP contribution < -0.4 is 10.3 Å². The smallest absolute Gasteiger partial charge is 0.289 e. The molecule has 5 nitrogen and oxygen atoms in total. The summed E-state index contributed by atoms with van der Waals surface area (Å²) in [6.07, 6.45) is 1.59. The zero-order valence-corrected chi connectivity index (χ0v) is 9.90. The van der Waals surface area contributed by atoms with Crippen molar-refractivity contribution in [1.29, 1.82) is 0 Å². The molecule has 16 heavy (non-hydrogen) atoms. The Hall–Kier alpha value is -1.07. The maximum absolute atomic E-state index is 11.7. The lowest BCUT2D eigenvalue weighted by Gasteiger charge is -2.11. The highest BCUT2D eigenvalue weighted by atomic mass is 35.5. The number of epoxide rings is 1. The highest BCUT2D eigenvalue weighted by molar-refractivity contribution is 6.31. The summed E-state index contributed by atoms with van der Waals surface area (Å²) in [5, 5.41) is 4.06. The molecular weight excluding hydrogens is 232 g/mol. The molecular formula is C10H13ClN2O3. The third-order valence-corrected chi connectivity index (χ3v) is 2.58. The second-order valence-corrected chi connectivity index (χ2v) is 4.31. The molecule has 0 bridgehead atoms. The number of ether oxygens (including phenoxy) is 2. The summed E-state index contributed by atoms with van der Waals surface area (Å²) in [4.78, 5) is 11.7. The summed E-state index contributed by atoms with van der Waals surface area (Å²) in [5.41, 5.74) is -0.328. The number of nitrogens with zero attached hydrogens (tertiary/aromatic N) is 2. The van der Waals surface area contributed by atoms with Crippen LogP contribution in [0.15, 0.2) is 11.0 Å². The van der Waals surface area contributed by atoms with Crippen molar-refractivity contribution in [3.05, 3.63) is 21.6 Å². The van der Waals surface area contributed by atoms with Crippen LogP contribution in [0.25, 0.3) is 0 Å². The maximum Gasteiger partial charge on any atom is 0.289 e. The van der Waals surface area contributed by atoms with E-state index in [9.17, 15) is 4.79 Å². The standard InChI is InChI=1S/C10H13ClN2O3/c1-6(2)13-10(14)9(11)8(3-12-13)16-5-7-4-15-7/h3,6-7H,4-5H2,1-2H3. The van der Waals surface area contributed by atoms with Gasteiger partial charge in [0.2, 0.25) is 0 Å². The van der Waals surface area contributed by atoms with E-state index in [0.717, 1.165) is 0 Å². The predicted molar refractivity (Wildman–Crippen MR) is 59.1 cm³/mol. The molecule has 1 atom stereocenters. The molecule has 1 aliphatic rings. The molecule has 88 valence electrons. The zero-order valence-electron chi connectivity index (χ0n) is 9.14. The quantitative estimate of drug-likeness (QED) is 0.748. The monoisotopic (exact) mass is 244 g/mol. The Morgan fingerprint density at radius 2 is 2.44 bits per heavy atom. The topological polar surface area (TPSA) is 56.6 Å². The molecule has 1 aromatic rings. The summed E-state index contributed by atoms with van der Waals surface area (Å²) in [6, 6.07) is -0.0224. The predicted octanol–water partition coefficient (Wildman–Crippen LogP) is 1.26. The molecule has 0 spiro atoms. The van der Waals surface area contributed by atoms with Crippen LogP contribution in [0.5, 0.6) is 5.75 Å². The summed E-state index contributed by atoms with van der Waals surface area (Å²) >= 11 is 5.91. The van der Waals surface area contributed by atoms with E-state index in [4.69, 9.17) is 21.1 Å². The number of hydrogen-bond acceptors (Lipinski definition) is 4. The zero-order chi connectivity index (χ0) is 11.7. The normalized spacial score (nSPS) is 18.9. The van der Waals surface area contributed by atoms with Gasteiger partial charge in [-0.3, -0.25) is 4.79 Å². The lowest BCUT2D eigenvalue weighted by molar-refractivity contribution is 0.260. The van der Waals surface area contributed by atoms with Crippen LogP contribution in [-0.4, -0.2) is 29.1 Å². The molecule has 2 heterocycles. The van der Waals surface area contributed by atoms with Gasteiger partial charge in [0, 0.05) is 0 Å². The van der Waals surface area contributed by atoms with Crippen molar-refractivity contribution < 1.29 is 9.47 Å². The van der Waals surface area contributed by atoms with Gasteiger partial charge in [0.1, 0.15) is 12.7 Å². The third kappa shape index (κ3) is 2.36. The number of halogens is 1. The van der Waals surface area contributed by atoms with Crippen LogP contribution in [0, 0.1) is 0 Å². The van der Waals surface area contributed by atoms with E-state index in [-0.39, 0.29) is 22.7 Å². The lowest BCUT2D eigenvalue weighted by atomic mass is 10.4. The van der Waals surface area contributed by atoms with E-state index in [2.05, 4.69) is 5.10 Å². The van der Waals surface area contributed by atoms with Crippen LogP contribution in [0.3, 0.4) is 0 Å². The summed E-state index contributed by atoms with van der Waals surface area (Å²) < 4.78 is 11.7. The molecule has 0 aliphatic carbocycles. The van der Waals surface area contributed by atoms with E-state index in [1.807, 2.05) is 13.8 Å². The summed E-state index contributed by atoms with van der Waals surface area (Å²) in [6.45, 7) is 4.84. The molecule has 1 fully saturated rings. The van der Waals surface area contributed by atoms with Crippen LogP contribution in [0.1, 0.15) is 19.9 Å². The van der Waals surface area contributed by atoms with Crippen molar-refractivity contribution >= 4 is 11.6 Å². The van der Waals surface area contributed by atoms with Gasteiger partial charge in [0.15, 0.2) is 10.8 Å². The van der Waals surface area contributed by atoms with E-state index in [1.165, 1.54) is 10.9 Å². The third-order valence-electron chi connectivity index (χ3n) is 2.23. The Morgan fingerprint density at radius 3 is 3.00 bits per heavy atom. The first kappa shape index (κ1) is 11.4. The first-order chi connectivity index (χ1) is 7.59. The highest BCUT2D eigenvalue weighted by Gasteiger charge is 2.24. The van der Waals surface area contributed by atoms with Crippen LogP contribution in [0.2, 0.25) is 5.02 Å². The molecule has 6 heteroatoms. The molecule has 0 amide bonds. The van der Waals surface area contributed by atoms with Gasteiger partial charge >= 0.3 is 0 Å². The van der Waals surface area contributed by atoms with Gasteiger partial charge in [0.05, 0.1) is 18.8 Å². The fourth-order valence-electron chi connectivity index (χ4n) is 1.25. The van der Waals surface area contributed by atoms with Crippen molar-refractivity contribution in [3.8, 4) is 5.75 Å². The summed E-state index contributed by atoms with van der Waals surface area (Å²) in [7, 11) is 0. The minimum atomic E-state index is -0.328. The Kier molecular flexibility index (Phi) is 3.16. The van der Waals surface area contributed by atoms with Gasteiger partial charge in [-0.1, -0.05) is 11.6 Å². The Labute approximate surface area is 97.9 Å². The van der Waals surface area contributed by atoms with Crippen molar-refractivity contribution in [3.63, 3.8) is 0 Å². The average Bonchev–Trinajstić information content (AvgIpc) is 3.03. The summed E-state index contributed by atoms with van der Waals surface area (Å²) in [5.74, 6) is 0.319. The van der Waals surface area contributed by atoms with E-state index in [1.54, 1.807) is 0 Å². The fourth-order valence-corrected chi connectivity index (χ4v) is 1.44. The lowest BCUT2D eigenvalue weighted by Crippen LogP contribution is -2.25.